The smallest absolute Gasteiger partial charge is 0.387 e. The highest BCUT2D eigenvalue weighted by molar-refractivity contribution is 8.00. The van der Waals surface area contributed by atoms with E-state index in [1.165, 1.54) is 18.2 Å². The number of carbonyl (C=O) groups excluding carboxylic acids is 2. The van der Waals surface area contributed by atoms with Crippen molar-refractivity contribution >= 4 is 35.0 Å². The summed E-state index contributed by atoms with van der Waals surface area (Å²) in [4.78, 5) is 23.7. The monoisotopic (exact) mass is 380 g/mol. The average molecular weight is 380 g/mol. The van der Waals surface area contributed by atoms with Gasteiger partial charge in [0.25, 0.3) is 0 Å². The SMILES string of the molecule is Cc1ccc(NC(=O)CSCC(=O)Nc2cccc(OC(F)F)c2)cc1. The number of thioether (sulfide) groups is 1. The number of anilines is 2. The molecule has 2 rings (SSSR count). The number of nitrogens with one attached hydrogen (secondary N) is 2. The molecular formula is C18H18F2N2O3S. The minimum absolute atomic E-state index is 0.0390. The van der Waals surface area contributed by atoms with E-state index in [1.807, 2.05) is 19.1 Å². The van der Waals surface area contributed by atoms with Gasteiger partial charge in [-0.15, -0.1) is 11.8 Å². The van der Waals surface area contributed by atoms with Crippen molar-refractivity contribution in [3.8, 4) is 5.75 Å². The van der Waals surface area contributed by atoms with Gasteiger partial charge >= 0.3 is 6.61 Å². The Bertz CT molecular complexity index is 754. The number of carbonyl (C=O) groups is 2. The number of hydrogen-bond acceptors (Lipinski definition) is 4. The molecule has 0 atom stereocenters. The minimum Gasteiger partial charge on any atom is -0.435 e. The number of hydrogen-bond donors (Lipinski definition) is 2. The van der Waals surface area contributed by atoms with Gasteiger partial charge in [0.15, 0.2) is 0 Å². The minimum atomic E-state index is -2.93. The number of rotatable bonds is 8. The third-order valence-electron chi connectivity index (χ3n) is 3.14. The number of aryl methyl sites for hydroxylation is 1. The van der Waals surface area contributed by atoms with E-state index in [0.29, 0.717) is 11.4 Å². The Kier molecular flexibility index (Phi) is 7.40. The van der Waals surface area contributed by atoms with Gasteiger partial charge in [0.05, 0.1) is 11.5 Å². The first-order valence-electron chi connectivity index (χ1n) is 7.71. The summed E-state index contributed by atoms with van der Waals surface area (Å²) in [5, 5.41) is 5.31. The molecule has 0 aliphatic heterocycles. The molecular weight excluding hydrogens is 362 g/mol. The number of benzene rings is 2. The van der Waals surface area contributed by atoms with Crippen molar-refractivity contribution in [3.05, 3.63) is 54.1 Å². The fourth-order valence-electron chi connectivity index (χ4n) is 2.02. The van der Waals surface area contributed by atoms with E-state index in [9.17, 15) is 18.4 Å². The van der Waals surface area contributed by atoms with Crippen LogP contribution in [0.15, 0.2) is 48.5 Å². The summed E-state index contributed by atoms with van der Waals surface area (Å²) in [5.74, 6) is -0.411. The number of amides is 2. The fourth-order valence-corrected chi connectivity index (χ4v) is 2.63. The van der Waals surface area contributed by atoms with Crippen LogP contribution in [0.4, 0.5) is 20.2 Å². The van der Waals surface area contributed by atoms with Gasteiger partial charge in [-0.25, -0.2) is 0 Å². The molecule has 0 aliphatic rings. The number of halogens is 2. The summed E-state index contributed by atoms with van der Waals surface area (Å²) in [5.41, 5.74) is 2.14. The van der Waals surface area contributed by atoms with Gasteiger partial charge < -0.3 is 15.4 Å². The maximum atomic E-state index is 12.2. The van der Waals surface area contributed by atoms with E-state index >= 15 is 0 Å². The van der Waals surface area contributed by atoms with Gasteiger partial charge in [0.2, 0.25) is 11.8 Å². The highest BCUT2D eigenvalue weighted by Crippen LogP contribution is 2.19. The van der Waals surface area contributed by atoms with Gasteiger partial charge in [-0.3, -0.25) is 9.59 Å². The fraction of sp³-hybridized carbons (Fsp3) is 0.222. The lowest BCUT2D eigenvalue weighted by atomic mass is 10.2. The van der Waals surface area contributed by atoms with Crippen LogP contribution in [0.5, 0.6) is 5.75 Å². The Morgan fingerprint density at radius 3 is 2.23 bits per heavy atom. The molecule has 2 aromatic rings. The van der Waals surface area contributed by atoms with Gasteiger partial charge in [-0.05, 0) is 31.2 Å². The first kappa shape index (κ1) is 19.7. The molecule has 0 fully saturated rings. The highest BCUT2D eigenvalue weighted by Gasteiger charge is 2.08. The average Bonchev–Trinajstić information content (AvgIpc) is 2.56. The van der Waals surface area contributed by atoms with E-state index in [4.69, 9.17) is 0 Å². The van der Waals surface area contributed by atoms with Crippen LogP contribution in [-0.2, 0) is 9.59 Å². The quantitative estimate of drug-likeness (QED) is 0.729. The van der Waals surface area contributed by atoms with Crippen LogP contribution < -0.4 is 15.4 Å². The molecule has 0 saturated heterocycles. The number of ether oxygens (including phenoxy) is 1. The predicted molar refractivity (Wildman–Crippen MR) is 98.8 cm³/mol. The zero-order valence-corrected chi connectivity index (χ0v) is 14.8. The molecule has 138 valence electrons. The molecule has 0 bridgehead atoms. The molecule has 8 heteroatoms. The van der Waals surface area contributed by atoms with Crippen LogP contribution >= 0.6 is 11.8 Å². The molecule has 2 N–H and O–H groups in total. The van der Waals surface area contributed by atoms with Crippen LogP contribution in [0.1, 0.15) is 5.56 Å². The van der Waals surface area contributed by atoms with Crippen molar-refractivity contribution in [3.63, 3.8) is 0 Å². The molecule has 0 radical (unpaired) electrons. The lowest BCUT2D eigenvalue weighted by Crippen LogP contribution is -2.18. The largest absolute Gasteiger partial charge is 0.435 e. The highest BCUT2D eigenvalue weighted by atomic mass is 32.2. The van der Waals surface area contributed by atoms with Gasteiger partial charge in [-0.1, -0.05) is 23.8 Å². The molecule has 2 aromatic carbocycles. The molecule has 0 aromatic heterocycles. The molecule has 5 nitrogen and oxygen atoms in total. The molecule has 2 amide bonds. The van der Waals surface area contributed by atoms with Crippen molar-refractivity contribution in [2.45, 2.75) is 13.5 Å². The van der Waals surface area contributed by atoms with Crippen LogP contribution in [0, 0.1) is 6.92 Å². The van der Waals surface area contributed by atoms with E-state index in [1.54, 1.807) is 18.2 Å². The van der Waals surface area contributed by atoms with E-state index in [0.717, 1.165) is 17.3 Å². The lowest BCUT2D eigenvalue weighted by Gasteiger charge is -2.08. The Balaban J connectivity index is 1.73. The topological polar surface area (TPSA) is 67.4 Å². The summed E-state index contributed by atoms with van der Waals surface area (Å²) >= 11 is 1.15. The van der Waals surface area contributed by atoms with Crippen LogP contribution in [-0.4, -0.2) is 29.9 Å². The summed E-state index contributed by atoms with van der Waals surface area (Å²) in [6, 6.07) is 13.1. The first-order chi connectivity index (χ1) is 12.4. The standard InChI is InChI=1S/C18H18F2N2O3S/c1-12-5-7-13(8-6-12)21-16(23)10-26-11-17(24)22-14-3-2-4-15(9-14)25-18(19)20/h2-9,18H,10-11H2,1H3,(H,21,23)(H,22,24). The van der Waals surface area contributed by atoms with Crippen molar-refractivity contribution in [2.75, 3.05) is 22.1 Å². The maximum Gasteiger partial charge on any atom is 0.387 e. The summed E-state index contributed by atoms with van der Waals surface area (Å²) < 4.78 is 28.6. The lowest BCUT2D eigenvalue weighted by molar-refractivity contribution is -0.114. The van der Waals surface area contributed by atoms with Crippen molar-refractivity contribution < 1.29 is 23.1 Å². The van der Waals surface area contributed by atoms with E-state index in [-0.39, 0.29) is 29.1 Å². The Morgan fingerprint density at radius 2 is 1.62 bits per heavy atom. The second kappa shape index (κ2) is 9.76. The molecule has 0 aliphatic carbocycles. The zero-order chi connectivity index (χ0) is 18.9. The summed E-state index contributed by atoms with van der Waals surface area (Å²) in [7, 11) is 0. The maximum absolute atomic E-state index is 12.2. The summed E-state index contributed by atoms with van der Waals surface area (Å²) in [6.45, 7) is -0.974. The number of alkyl halides is 2. The Morgan fingerprint density at radius 1 is 1.00 bits per heavy atom. The third kappa shape index (κ3) is 7.10. The van der Waals surface area contributed by atoms with Crippen molar-refractivity contribution in [1.29, 1.82) is 0 Å². The van der Waals surface area contributed by atoms with Crippen molar-refractivity contribution in [1.82, 2.24) is 0 Å². The molecule has 0 spiro atoms. The predicted octanol–water partition coefficient (Wildman–Crippen LogP) is 3.91. The normalized spacial score (nSPS) is 10.5. The van der Waals surface area contributed by atoms with Crippen LogP contribution in [0.25, 0.3) is 0 Å². The zero-order valence-electron chi connectivity index (χ0n) is 14.0. The Labute approximate surface area is 154 Å². The van der Waals surface area contributed by atoms with Crippen LogP contribution in [0.2, 0.25) is 0 Å². The van der Waals surface area contributed by atoms with E-state index < -0.39 is 6.61 Å². The molecule has 0 saturated carbocycles. The first-order valence-corrected chi connectivity index (χ1v) is 8.87. The molecule has 26 heavy (non-hydrogen) atoms. The van der Waals surface area contributed by atoms with Gasteiger partial charge in [0.1, 0.15) is 5.75 Å². The summed E-state index contributed by atoms with van der Waals surface area (Å²) in [6.07, 6.45) is 0. The second-order valence-electron chi connectivity index (χ2n) is 5.36. The molecule has 0 heterocycles. The van der Waals surface area contributed by atoms with Crippen LogP contribution in [0.3, 0.4) is 0 Å². The second-order valence-corrected chi connectivity index (χ2v) is 6.35. The third-order valence-corrected chi connectivity index (χ3v) is 4.08. The van der Waals surface area contributed by atoms with Gasteiger partial charge in [0, 0.05) is 17.4 Å². The molecule has 0 unspecified atom stereocenters. The van der Waals surface area contributed by atoms with Crippen molar-refractivity contribution in [2.24, 2.45) is 0 Å². The Hall–Kier alpha value is -2.61. The van der Waals surface area contributed by atoms with E-state index in [2.05, 4.69) is 15.4 Å². The van der Waals surface area contributed by atoms with Gasteiger partial charge in [-0.2, -0.15) is 8.78 Å².